The molecule has 0 aliphatic heterocycles. The second kappa shape index (κ2) is 10.6. The van der Waals surface area contributed by atoms with Gasteiger partial charge < -0.3 is 4.74 Å². The van der Waals surface area contributed by atoms with Gasteiger partial charge in [0.15, 0.2) is 16.7 Å². The van der Waals surface area contributed by atoms with Crippen LogP contribution < -0.4 is 10.1 Å². The molecule has 1 heterocycles. The van der Waals surface area contributed by atoms with Crippen molar-refractivity contribution in [2.45, 2.75) is 17.0 Å². The molecule has 0 atom stereocenters. The average molecular weight is 544 g/mol. The van der Waals surface area contributed by atoms with Crippen LogP contribution in [-0.2, 0) is 10.5 Å². The van der Waals surface area contributed by atoms with E-state index < -0.39 is 5.91 Å². The first-order chi connectivity index (χ1) is 14.3. The van der Waals surface area contributed by atoms with Crippen LogP contribution in [0.15, 0.2) is 28.6 Å². The summed E-state index contributed by atoms with van der Waals surface area (Å²) in [5.74, 6) is 0.248. The van der Waals surface area contributed by atoms with Crippen molar-refractivity contribution in [3.8, 4) is 5.75 Å². The van der Waals surface area contributed by atoms with E-state index in [4.69, 9.17) is 62.7 Å². The molecule has 1 aromatic heterocycles. The fourth-order valence-electron chi connectivity index (χ4n) is 2.27. The molecule has 1 N–H and O–H groups in total. The van der Waals surface area contributed by atoms with Crippen molar-refractivity contribution >= 4 is 92.1 Å². The maximum Gasteiger partial charge on any atom is 0.264 e. The van der Waals surface area contributed by atoms with Gasteiger partial charge in [0, 0.05) is 5.75 Å². The predicted octanol–water partition coefficient (Wildman–Crippen LogP) is 7.42. The summed E-state index contributed by atoms with van der Waals surface area (Å²) in [5, 5.41) is 10.9. The third-order valence-corrected chi connectivity index (χ3v) is 7.90. The molecule has 0 aliphatic carbocycles. The molecule has 0 spiro atoms. The number of aromatic nitrogens is 2. The summed E-state index contributed by atoms with van der Waals surface area (Å²) in [7, 11) is 0. The normalized spacial score (nSPS) is 10.9. The van der Waals surface area contributed by atoms with Crippen LogP contribution in [0.3, 0.4) is 0 Å². The Bertz CT molecular complexity index is 1060. The van der Waals surface area contributed by atoms with Gasteiger partial charge in [0.25, 0.3) is 5.91 Å². The van der Waals surface area contributed by atoms with Crippen molar-refractivity contribution in [1.82, 2.24) is 10.2 Å². The molecule has 1 amide bonds. The Labute approximate surface area is 206 Å². The predicted molar refractivity (Wildman–Crippen MR) is 126 cm³/mol. The van der Waals surface area contributed by atoms with E-state index in [1.807, 2.05) is 25.1 Å². The molecule has 0 radical (unpaired) electrons. The number of ether oxygens (including phenoxy) is 1. The molecule has 0 bridgehead atoms. The van der Waals surface area contributed by atoms with Gasteiger partial charge in [-0.05, 0) is 12.5 Å². The fraction of sp³-hybridized carbons (Fsp3) is 0.167. The zero-order valence-corrected chi connectivity index (χ0v) is 20.6. The number of halogens is 5. The largest absolute Gasteiger partial charge is 0.481 e. The van der Waals surface area contributed by atoms with Crippen LogP contribution >= 0.6 is 81.1 Å². The van der Waals surface area contributed by atoms with Gasteiger partial charge in [0.2, 0.25) is 5.13 Å². The Morgan fingerprint density at radius 1 is 1.07 bits per heavy atom. The van der Waals surface area contributed by atoms with E-state index in [1.54, 1.807) is 0 Å². The number of hydrogen-bond acceptors (Lipinski definition) is 6. The van der Waals surface area contributed by atoms with Crippen LogP contribution in [0.1, 0.15) is 11.1 Å². The molecule has 5 nitrogen and oxygen atoms in total. The summed E-state index contributed by atoms with van der Waals surface area (Å²) in [6.45, 7) is 1.65. The van der Waals surface area contributed by atoms with Crippen molar-refractivity contribution in [2.75, 3.05) is 11.9 Å². The summed E-state index contributed by atoms with van der Waals surface area (Å²) in [4.78, 5) is 12.2. The molecule has 0 fully saturated rings. The maximum absolute atomic E-state index is 12.2. The quantitative estimate of drug-likeness (QED) is 0.145. The molecule has 0 aliphatic rings. The molecule has 158 valence electrons. The second-order valence-electron chi connectivity index (χ2n) is 5.89. The molecular formula is C18H12Cl5N3O2S2. The molecule has 0 saturated heterocycles. The highest BCUT2D eigenvalue weighted by Gasteiger charge is 2.21. The van der Waals surface area contributed by atoms with Crippen molar-refractivity contribution in [3.05, 3.63) is 60.5 Å². The first-order valence-electron chi connectivity index (χ1n) is 8.22. The number of thioether (sulfide) groups is 1. The Kier molecular flexibility index (Phi) is 8.38. The summed E-state index contributed by atoms with van der Waals surface area (Å²) >= 11 is 32.8. The van der Waals surface area contributed by atoms with E-state index in [0.29, 0.717) is 5.13 Å². The van der Waals surface area contributed by atoms with Crippen LogP contribution in [0, 0.1) is 6.92 Å². The number of nitrogens with one attached hydrogen (secondary N) is 1. The Balaban J connectivity index is 1.56. The van der Waals surface area contributed by atoms with E-state index in [0.717, 1.165) is 10.1 Å². The molecule has 3 rings (SSSR count). The molecule has 30 heavy (non-hydrogen) atoms. The van der Waals surface area contributed by atoms with Crippen LogP contribution in [0.4, 0.5) is 5.13 Å². The zero-order valence-electron chi connectivity index (χ0n) is 15.1. The Hall–Kier alpha value is -0.930. The summed E-state index contributed by atoms with van der Waals surface area (Å²) in [6.07, 6.45) is 0. The van der Waals surface area contributed by atoms with Crippen molar-refractivity contribution in [1.29, 1.82) is 0 Å². The van der Waals surface area contributed by atoms with Gasteiger partial charge in [-0.15, -0.1) is 10.2 Å². The Morgan fingerprint density at radius 2 is 1.73 bits per heavy atom. The third kappa shape index (κ3) is 5.85. The highest BCUT2D eigenvalue weighted by Crippen LogP contribution is 2.48. The molecule has 3 aromatic rings. The lowest BCUT2D eigenvalue weighted by Crippen LogP contribution is -2.20. The van der Waals surface area contributed by atoms with E-state index in [2.05, 4.69) is 21.6 Å². The highest BCUT2D eigenvalue weighted by atomic mass is 35.5. The highest BCUT2D eigenvalue weighted by molar-refractivity contribution is 8.00. The standard InChI is InChI=1S/C18H12Cl5N3O2S2/c1-8-3-2-4-9(5-8)7-29-18-26-25-17(30-18)24-10(27)6-28-16-14(22)12(20)11(19)13(21)15(16)23/h2-5H,6-7H2,1H3,(H,24,25,27). The first-order valence-corrected chi connectivity index (χ1v) is 11.9. The monoisotopic (exact) mass is 541 g/mol. The van der Waals surface area contributed by atoms with Gasteiger partial charge >= 0.3 is 0 Å². The molecule has 12 heteroatoms. The molecule has 0 saturated carbocycles. The number of anilines is 1. The smallest absolute Gasteiger partial charge is 0.264 e. The van der Waals surface area contributed by atoms with Crippen LogP contribution in [-0.4, -0.2) is 22.7 Å². The Morgan fingerprint density at radius 3 is 2.40 bits per heavy atom. The number of carbonyl (C=O) groups is 1. The lowest BCUT2D eigenvalue weighted by atomic mass is 10.2. The first kappa shape index (κ1) is 23.7. The van der Waals surface area contributed by atoms with E-state index in [-0.39, 0.29) is 37.5 Å². The summed E-state index contributed by atoms with van der Waals surface area (Å²) < 4.78 is 6.12. The van der Waals surface area contributed by atoms with Gasteiger partial charge in [-0.1, -0.05) is 111 Å². The van der Waals surface area contributed by atoms with Crippen LogP contribution in [0.25, 0.3) is 0 Å². The minimum absolute atomic E-state index is 0.00897. The second-order valence-corrected chi connectivity index (χ2v) is 9.98. The number of benzene rings is 2. The number of rotatable bonds is 7. The number of hydrogen-bond donors (Lipinski definition) is 1. The lowest BCUT2D eigenvalue weighted by molar-refractivity contribution is -0.118. The van der Waals surface area contributed by atoms with Crippen molar-refractivity contribution < 1.29 is 9.53 Å². The topological polar surface area (TPSA) is 64.1 Å². The van der Waals surface area contributed by atoms with Crippen LogP contribution in [0.5, 0.6) is 5.75 Å². The number of nitrogens with zero attached hydrogens (tertiary/aromatic N) is 2. The van der Waals surface area contributed by atoms with Gasteiger partial charge in [-0.3, -0.25) is 10.1 Å². The number of amides is 1. The van der Waals surface area contributed by atoms with Gasteiger partial charge in [0.1, 0.15) is 10.0 Å². The van der Waals surface area contributed by atoms with Crippen LogP contribution in [0.2, 0.25) is 25.1 Å². The van der Waals surface area contributed by atoms with Gasteiger partial charge in [-0.2, -0.15) is 0 Å². The molecule has 2 aromatic carbocycles. The fourth-order valence-corrected chi connectivity index (χ4v) is 5.21. The number of carbonyl (C=O) groups excluding carboxylic acids is 1. The minimum atomic E-state index is -0.476. The van der Waals surface area contributed by atoms with Crippen molar-refractivity contribution in [2.24, 2.45) is 0 Å². The molecular weight excluding hydrogens is 532 g/mol. The number of aryl methyl sites for hydroxylation is 1. The van der Waals surface area contributed by atoms with Crippen molar-refractivity contribution in [3.63, 3.8) is 0 Å². The van der Waals surface area contributed by atoms with E-state index in [9.17, 15) is 4.79 Å². The lowest BCUT2D eigenvalue weighted by Gasteiger charge is -2.13. The maximum atomic E-state index is 12.2. The van der Waals surface area contributed by atoms with E-state index in [1.165, 1.54) is 34.2 Å². The summed E-state index contributed by atoms with van der Waals surface area (Å²) in [5.41, 5.74) is 2.38. The average Bonchev–Trinajstić information content (AvgIpc) is 3.16. The van der Waals surface area contributed by atoms with Gasteiger partial charge in [0.05, 0.1) is 15.1 Å². The zero-order chi connectivity index (χ0) is 21.8. The minimum Gasteiger partial charge on any atom is -0.481 e. The van der Waals surface area contributed by atoms with Gasteiger partial charge in [-0.25, -0.2) is 0 Å². The summed E-state index contributed by atoms with van der Waals surface area (Å²) in [6, 6.07) is 8.21. The SMILES string of the molecule is Cc1cccc(CSc2nnc(NC(=O)COc3c(Cl)c(Cl)c(Cl)c(Cl)c3Cl)s2)c1. The molecule has 0 unspecified atom stereocenters. The third-order valence-electron chi connectivity index (χ3n) is 3.61. The van der Waals surface area contributed by atoms with E-state index >= 15 is 0 Å².